The third kappa shape index (κ3) is 4.55. The second kappa shape index (κ2) is 9.60. The van der Waals surface area contributed by atoms with Crippen molar-refractivity contribution in [1.82, 2.24) is 14.6 Å². The van der Waals surface area contributed by atoms with E-state index in [4.69, 9.17) is 16.7 Å². The molecule has 2 aromatic heterocycles. The largest absolute Gasteiger partial charge is 0.436 e. The van der Waals surface area contributed by atoms with Crippen LogP contribution in [0.5, 0.6) is 0 Å². The van der Waals surface area contributed by atoms with Crippen LogP contribution in [0.3, 0.4) is 0 Å². The lowest BCUT2D eigenvalue weighted by Crippen LogP contribution is -2.39. The third-order valence-electron chi connectivity index (χ3n) is 5.02. The number of aliphatic imine (C=N–C) groups is 1. The molecule has 0 atom stereocenters. The molecule has 1 fully saturated rings. The molecule has 1 saturated heterocycles. The Kier molecular flexibility index (Phi) is 7.05. The van der Waals surface area contributed by atoms with Crippen LogP contribution in [0.4, 0.5) is 19.0 Å². The fourth-order valence-corrected chi connectivity index (χ4v) is 3.63. The number of nitrogens with zero attached hydrogens (tertiary/aromatic N) is 6. The van der Waals surface area contributed by atoms with Crippen LogP contribution < -0.4 is 4.90 Å². The SMILES string of the molecule is C=CN=C1C=C(Cl)C=C/C1=C\c1c(C)nc2c(C#N)c(C(F)(F)F)nn2c1N1CCC1.CO. The Morgan fingerprint density at radius 1 is 1.30 bits per heavy atom. The molecule has 0 aromatic carbocycles. The maximum atomic E-state index is 13.5. The molecule has 0 radical (unpaired) electrons. The van der Waals surface area contributed by atoms with Crippen molar-refractivity contribution in [3.63, 3.8) is 0 Å². The van der Waals surface area contributed by atoms with E-state index in [1.165, 1.54) is 6.20 Å². The summed E-state index contributed by atoms with van der Waals surface area (Å²) in [5.74, 6) is 0.459. The van der Waals surface area contributed by atoms with Crippen molar-refractivity contribution >= 4 is 34.9 Å². The Morgan fingerprint density at radius 2 is 2.00 bits per heavy atom. The van der Waals surface area contributed by atoms with Crippen LogP contribution in [0.2, 0.25) is 0 Å². The van der Waals surface area contributed by atoms with Gasteiger partial charge in [-0.2, -0.15) is 28.0 Å². The third-order valence-corrected chi connectivity index (χ3v) is 5.26. The Hall–Kier alpha value is -3.42. The topological polar surface area (TPSA) is 89.8 Å². The standard InChI is InChI=1S/C21H16ClF3N6.CH4O/c1-3-27-17-10-14(22)6-5-13(17)9-15-12(2)28-19-16(11-26)18(21(23,24)25)29-31(19)20(15)30-7-4-8-30;1-2/h3,5-6,9-10H,1,4,7-8H2,2H3;2H,1H3/b13-9+,27-17?;. The van der Waals surface area contributed by atoms with Gasteiger partial charge >= 0.3 is 6.18 Å². The van der Waals surface area contributed by atoms with E-state index in [1.807, 2.05) is 4.90 Å². The maximum absolute atomic E-state index is 13.5. The van der Waals surface area contributed by atoms with Gasteiger partial charge in [0.05, 0.1) is 11.4 Å². The predicted molar refractivity (Wildman–Crippen MR) is 121 cm³/mol. The summed E-state index contributed by atoms with van der Waals surface area (Å²) < 4.78 is 41.7. The first-order valence-electron chi connectivity index (χ1n) is 9.81. The zero-order chi connectivity index (χ0) is 24.3. The Balaban J connectivity index is 0.00000149. The Morgan fingerprint density at radius 3 is 2.55 bits per heavy atom. The molecule has 1 N–H and O–H groups in total. The van der Waals surface area contributed by atoms with Gasteiger partial charge in [0, 0.05) is 42.6 Å². The average Bonchev–Trinajstić information content (AvgIpc) is 3.11. The highest BCUT2D eigenvalue weighted by Crippen LogP contribution is 2.36. The first-order valence-corrected chi connectivity index (χ1v) is 10.2. The summed E-state index contributed by atoms with van der Waals surface area (Å²) in [5.41, 5.74) is 0.380. The number of hydrogen-bond donors (Lipinski definition) is 1. The van der Waals surface area contributed by atoms with Crippen molar-refractivity contribution in [2.24, 2.45) is 4.99 Å². The van der Waals surface area contributed by atoms with Crippen LogP contribution in [-0.4, -0.2) is 45.6 Å². The number of aliphatic hydroxyl groups is 1. The van der Waals surface area contributed by atoms with Crippen molar-refractivity contribution < 1.29 is 18.3 Å². The van der Waals surface area contributed by atoms with Gasteiger partial charge in [-0.1, -0.05) is 24.3 Å². The highest BCUT2D eigenvalue weighted by molar-refractivity contribution is 6.35. The molecule has 2 aromatic rings. The highest BCUT2D eigenvalue weighted by Gasteiger charge is 2.40. The van der Waals surface area contributed by atoms with Crippen LogP contribution in [0, 0.1) is 18.3 Å². The second-order valence-electron chi connectivity index (χ2n) is 7.00. The molecule has 4 rings (SSSR count). The minimum atomic E-state index is -4.77. The number of halogens is 4. The molecule has 0 amide bonds. The minimum absolute atomic E-state index is 0.113. The van der Waals surface area contributed by atoms with E-state index in [0.29, 0.717) is 46.5 Å². The summed E-state index contributed by atoms with van der Waals surface area (Å²) >= 11 is 6.08. The van der Waals surface area contributed by atoms with Crippen molar-refractivity contribution in [3.8, 4) is 6.07 Å². The van der Waals surface area contributed by atoms with Crippen LogP contribution in [-0.2, 0) is 6.18 Å². The quantitative estimate of drug-likeness (QED) is 0.708. The van der Waals surface area contributed by atoms with Crippen molar-refractivity contribution in [2.45, 2.75) is 19.5 Å². The molecule has 2 aliphatic rings. The van der Waals surface area contributed by atoms with Gasteiger partial charge in [0.2, 0.25) is 0 Å². The summed E-state index contributed by atoms with van der Waals surface area (Å²) in [4.78, 5) is 10.5. The summed E-state index contributed by atoms with van der Waals surface area (Å²) in [7, 11) is 1.00. The molecule has 0 unspecified atom stereocenters. The molecule has 33 heavy (non-hydrogen) atoms. The molecule has 0 bridgehead atoms. The van der Waals surface area contributed by atoms with Crippen LogP contribution in [0.25, 0.3) is 11.7 Å². The number of alkyl halides is 3. The van der Waals surface area contributed by atoms with E-state index in [0.717, 1.165) is 18.0 Å². The van der Waals surface area contributed by atoms with Gasteiger partial charge in [0.15, 0.2) is 11.3 Å². The molecule has 3 heterocycles. The highest BCUT2D eigenvalue weighted by atomic mass is 35.5. The van der Waals surface area contributed by atoms with Crippen LogP contribution in [0.1, 0.15) is 28.9 Å². The molecule has 172 valence electrons. The first-order chi connectivity index (χ1) is 15.7. The average molecular weight is 477 g/mol. The van der Waals surface area contributed by atoms with Gasteiger partial charge in [-0.15, -0.1) is 0 Å². The van der Waals surface area contributed by atoms with E-state index in [1.54, 1.807) is 37.3 Å². The molecule has 11 heteroatoms. The number of hydrogen-bond acceptors (Lipinski definition) is 6. The lowest BCUT2D eigenvalue weighted by Gasteiger charge is -2.34. The summed E-state index contributed by atoms with van der Waals surface area (Å²) in [6.45, 7) is 6.62. The van der Waals surface area contributed by atoms with E-state index in [9.17, 15) is 18.4 Å². The normalized spacial score (nSPS) is 18.0. The predicted octanol–water partition coefficient (Wildman–Crippen LogP) is 4.41. The molecular weight excluding hydrogens is 457 g/mol. The zero-order valence-electron chi connectivity index (χ0n) is 17.9. The summed E-state index contributed by atoms with van der Waals surface area (Å²) in [6.07, 6.45) is 4.44. The van der Waals surface area contributed by atoms with Crippen molar-refractivity contribution in [2.75, 3.05) is 25.1 Å². The number of aryl methyl sites for hydroxylation is 1. The summed E-state index contributed by atoms with van der Waals surface area (Å²) in [5, 5.41) is 20.6. The molecule has 1 aliphatic heterocycles. The fourth-order valence-electron chi connectivity index (χ4n) is 3.46. The lowest BCUT2D eigenvalue weighted by molar-refractivity contribution is -0.141. The van der Waals surface area contributed by atoms with Gasteiger partial charge in [-0.25, -0.2) is 4.98 Å². The molecule has 0 saturated carbocycles. The molecule has 0 spiro atoms. The van der Waals surface area contributed by atoms with Crippen molar-refractivity contribution in [1.29, 1.82) is 5.26 Å². The fraction of sp³-hybridized carbons (Fsp3) is 0.273. The van der Waals surface area contributed by atoms with E-state index < -0.39 is 17.4 Å². The number of fused-ring (bicyclic) bond motifs is 1. The van der Waals surface area contributed by atoms with Gasteiger partial charge in [-0.05, 0) is 31.6 Å². The number of aromatic nitrogens is 3. The number of anilines is 1. The molecule has 1 aliphatic carbocycles. The Bertz CT molecular complexity index is 1260. The smallest absolute Gasteiger partial charge is 0.400 e. The summed E-state index contributed by atoms with van der Waals surface area (Å²) in [6, 6.07) is 1.62. The molecule has 7 nitrogen and oxygen atoms in total. The minimum Gasteiger partial charge on any atom is -0.400 e. The first kappa shape index (κ1) is 24.2. The van der Waals surface area contributed by atoms with Gasteiger partial charge in [0.25, 0.3) is 0 Å². The van der Waals surface area contributed by atoms with Crippen LogP contribution in [0.15, 0.2) is 46.6 Å². The van der Waals surface area contributed by atoms with Gasteiger partial charge < -0.3 is 10.0 Å². The van der Waals surface area contributed by atoms with Gasteiger partial charge in [0.1, 0.15) is 17.5 Å². The Labute approximate surface area is 193 Å². The number of aliphatic hydroxyl groups excluding tert-OH is 1. The van der Waals surface area contributed by atoms with E-state index >= 15 is 0 Å². The van der Waals surface area contributed by atoms with E-state index in [-0.39, 0.29) is 5.65 Å². The number of allylic oxidation sites excluding steroid dienone is 5. The second-order valence-corrected chi connectivity index (χ2v) is 7.44. The number of rotatable bonds is 3. The maximum Gasteiger partial charge on any atom is 0.436 e. The zero-order valence-corrected chi connectivity index (χ0v) is 18.6. The van der Waals surface area contributed by atoms with E-state index in [2.05, 4.69) is 21.7 Å². The molecular formula is C22H20ClF3N6O. The monoisotopic (exact) mass is 476 g/mol. The van der Waals surface area contributed by atoms with Crippen molar-refractivity contribution in [3.05, 3.63) is 64.1 Å². The lowest BCUT2D eigenvalue weighted by atomic mass is 10.0. The van der Waals surface area contributed by atoms with Crippen LogP contribution >= 0.6 is 11.6 Å². The number of nitriles is 1. The van der Waals surface area contributed by atoms with Gasteiger partial charge in [-0.3, -0.25) is 4.99 Å².